The lowest BCUT2D eigenvalue weighted by molar-refractivity contribution is 0.314. The second-order valence-electron chi connectivity index (χ2n) is 5.12. The van der Waals surface area contributed by atoms with Gasteiger partial charge in [-0.2, -0.15) is 0 Å². The molecule has 1 aromatic rings. The molecule has 0 atom stereocenters. The van der Waals surface area contributed by atoms with Gasteiger partial charge in [-0.15, -0.1) is 0 Å². The van der Waals surface area contributed by atoms with Crippen LogP contribution in [0.15, 0.2) is 15.8 Å². The summed E-state index contributed by atoms with van der Waals surface area (Å²) in [7, 11) is 1.59. The molecule has 0 fully saturated rings. The Morgan fingerprint density at radius 1 is 1.24 bits per heavy atom. The molecule has 0 aliphatic rings. The lowest BCUT2D eigenvalue weighted by Crippen LogP contribution is -2.39. The minimum absolute atomic E-state index is 0.229. The summed E-state index contributed by atoms with van der Waals surface area (Å²) in [5.41, 5.74) is 0.0880. The van der Waals surface area contributed by atoms with Crippen molar-refractivity contribution in [3.63, 3.8) is 0 Å². The first kappa shape index (κ1) is 13.9. The van der Waals surface area contributed by atoms with Gasteiger partial charge in [0.1, 0.15) is 0 Å². The number of hydrogen-bond acceptors (Lipinski definition) is 3. The Hall–Kier alpha value is -1.14. The van der Waals surface area contributed by atoms with Gasteiger partial charge >= 0.3 is 5.69 Å². The third-order valence-corrected chi connectivity index (χ3v) is 3.49. The standard InChI is InChI=1S/C11H20N2O3Si/c1-12-8-9(6-7-16-17(3,4)5)10(14)13(2)11(12)15/h8H,6-7H2,1-5H3. The van der Waals surface area contributed by atoms with E-state index in [1.54, 1.807) is 13.2 Å². The summed E-state index contributed by atoms with van der Waals surface area (Å²) in [6.45, 7) is 6.84. The topological polar surface area (TPSA) is 53.2 Å². The first-order valence-corrected chi connectivity index (χ1v) is 9.02. The molecule has 0 saturated heterocycles. The predicted molar refractivity (Wildman–Crippen MR) is 69.9 cm³/mol. The maximum Gasteiger partial charge on any atom is 0.330 e. The van der Waals surface area contributed by atoms with E-state index >= 15 is 0 Å². The molecule has 6 heteroatoms. The van der Waals surface area contributed by atoms with E-state index < -0.39 is 8.32 Å². The summed E-state index contributed by atoms with van der Waals surface area (Å²) in [5, 5.41) is 0. The third kappa shape index (κ3) is 3.67. The van der Waals surface area contributed by atoms with Crippen molar-refractivity contribution < 1.29 is 4.43 Å². The fraction of sp³-hybridized carbons (Fsp3) is 0.636. The van der Waals surface area contributed by atoms with E-state index in [9.17, 15) is 9.59 Å². The number of rotatable bonds is 4. The second-order valence-corrected chi connectivity index (χ2v) is 9.64. The Labute approximate surface area is 102 Å². The van der Waals surface area contributed by atoms with Crippen molar-refractivity contribution >= 4 is 8.32 Å². The predicted octanol–water partition coefficient (Wildman–Crippen LogP) is 0.478. The maximum absolute atomic E-state index is 11.8. The molecule has 1 rings (SSSR count). The zero-order valence-corrected chi connectivity index (χ0v) is 12.1. The molecule has 0 aromatic carbocycles. The van der Waals surface area contributed by atoms with Crippen LogP contribution in [0.25, 0.3) is 0 Å². The lowest BCUT2D eigenvalue weighted by atomic mass is 10.2. The molecule has 0 aliphatic carbocycles. The summed E-state index contributed by atoms with van der Waals surface area (Å²) in [6.07, 6.45) is 2.14. The molecule has 0 spiro atoms. The first-order valence-electron chi connectivity index (χ1n) is 5.62. The van der Waals surface area contributed by atoms with Crippen LogP contribution in [0.4, 0.5) is 0 Å². The smallest absolute Gasteiger partial charge is 0.330 e. The molecule has 0 amide bonds. The molecular formula is C11H20N2O3Si. The monoisotopic (exact) mass is 256 g/mol. The highest BCUT2D eigenvalue weighted by Crippen LogP contribution is 2.03. The van der Waals surface area contributed by atoms with Crippen LogP contribution in [0, 0.1) is 0 Å². The van der Waals surface area contributed by atoms with Crippen molar-refractivity contribution in [1.82, 2.24) is 9.13 Å². The fourth-order valence-corrected chi connectivity index (χ4v) is 2.24. The Morgan fingerprint density at radius 3 is 2.35 bits per heavy atom. The summed E-state index contributed by atoms with van der Waals surface area (Å²) < 4.78 is 8.25. The SMILES string of the molecule is Cn1cc(CCO[Si](C)(C)C)c(=O)n(C)c1=O. The highest BCUT2D eigenvalue weighted by molar-refractivity contribution is 6.69. The maximum atomic E-state index is 11.8. The van der Waals surface area contributed by atoms with Crippen LogP contribution in [0.2, 0.25) is 19.6 Å². The van der Waals surface area contributed by atoms with Crippen LogP contribution in [-0.4, -0.2) is 24.1 Å². The molecule has 0 saturated carbocycles. The van der Waals surface area contributed by atoms with Gasteiger partial charge in [0.25, 0.3) is 5.56 Å². The van der Waals surface area contributed by atoms with Gasteiger partial charge in [0.15, 0.2) is 8.32 Å². The first-order chi connectivity index (χ1) is 7.72. The molecule has 17 heavy (non-hydrogen) atoms. The quantitative estimate of drug-likeness (QED) is 0.736. The van der Waals surface area contributed by atoms with Crippen LogP contribution in [0.3, 0.4) is 0 Å². The fourth-order valence-electron chi connectivity index (χ4n) is 1.52. The van der Waals surface area contributed by atoms with Crippen molar-refractivity contribution in [1.29, 1.82) is 0 Å². The van der Waals surface area contributed by atoms with E-state index in [2.05, 4.69) is 19.6 Å². The van der Waals surface area contributed by atoms with E-state index in [-0.39, 0.29) is 11.2 Å². The van der Waals surface area contributed by atoms with Crippen LogP contribution in [0.1, 0.15) is 5.56 Å². The Balaban J connectivity index is 2.87. The van der Waals surface area contributed by atoms with Gasteiger partial charge in [-0.3, -0.25) is 9.36 Å². The molecule has 1 aromatic heterocycles. The van der Waals surface area contributed by atoms with Crippen LogP contribution < -0.4 is 11.2 Å². The van der Waals surface area contributed by atoms with E-state index in [0.29, 0.717) is 18.6 Å². The van der Waals surface area contributed by atoms with Gasteiger partial charge in [-0.05, 0) is 19.6 Å². The molecule has 5 nitrogen and oxygen atoms in total. The molecule has 1 heterocycles. The van der Waals surface area contributed by atoms with E-state index in [1.807, 2.05) is 0 Å². The number of hydrogen-bond donors (Lipinski definition) is 0. The van der Waals surface area contributed by atoms with E-state index in [4.69, 9.17) is 4.43 Å². The normalized spacial score (nSPS) is 11.8. The Morgan fingerprint density at radius 2 is 1.82 bits per heavy atom. The zero-order chi connectivity index (χ0) is 13.2. The molecule has 96 valence electrons. The van der Waals surface area contributed by atoms with E-state index in [1.165, 1.54) is 11.6 Å². The second kappa shape index (κ2) is 5.01. The Kier molecular flexibility index (Phi) is 4.10. The van der Waals surface area contributed by atoms with Gasteiger partial charge in [0.2, 0.25) is 0 Å². The highest BCUT2D eigenvalue weighted by Gasteiger charge is 2.14. The van der Waals surface area contributed by atoms with Gasteiger partial charge in [0.05, 0.1) is 0 Å². The highest BCUT2D eigenvalue weighted by atomic mass is 28.4. The summed E-state index contributed by atoms with van der Waals surface area (Å²) in [5.74, 6) is 0. The van der Waals surface area contributed by atoms with Gasteiger partial charge in [-0.25, -0.2) is 4.79 Å². The number of aromatic nitrogens is 2. The summed E-state index contributed by atoms with van der Waals surface area (Å²) in [4.78, 5) is 23.3. The summed E-state index contributed by atoms with van der Waals surface area (Å²) in [6, 6.07) is 0. The van der Waals surface area contributed by atoms with Crippen molar-refractivity contribution in [3.05, 3.63) is 32.6 Å². The van der Waals surface area contributed by atoms with Crippen LogP contribution in [-0.2, 0) is 24.9 Å². The molecule has 0 aliphatic heterocycles. The Bertz CT molecular complexity index is 511. The molecule has 0 unspecified atom stereocenters. The number of aryl methyl sites for hydroxylation is 1. The number of nitrogens with zero attached hydrogens (tertiary/aromatic N) is 2. The lowest BCUT2D eigenvalue weighted by Gasteiger charge is -2.17. The average molecular weight is 256 g/mol. The minimum atomic E-state index is -1.54. The molecule has 0 radical (unpaired) electrons. The zero-order valence-electron chi connectivity index (χ0n) is 11.1. The van der Waals surface area contributed by atoms with Gasteiger partial charge < -0.3 is 8.99 Å². The summed E-state index contributed by atoms with van der Waals surface area (Å²) >= 11 is 0. The van der Waals surface area contributed by atoms with Crippen molar-refractivity contribution in [2.45, 2.75) is 26.1 Å². The van der Waals surface area contributed by atoms with Crippen LogP contribution >= 0.6 is 0 Å². The van der Waals surface area contributed by atoms with Crippen molar-refractivity contribution in [3.8, 4) is 0 Å². The van der Waals surface area contributed by atoms with Crippen LogP contribution in [0.5, 0.6) is 0 Å². The molecule has 0 bridgehead atoms. The average Bonchev–Trinajstić information content (AvgIpc) is 2.21. The van der Waals surface area contributed by atoms with Crippen molar-refractivity contribution in [2.24, 2.45) is 14.1 Å². The van der Waals surface area contributed by atoms with Gasteiger partial charge in [0, 0.05) is 38.9 Å². The third-order valence-electron chi connectivity index (χ3n) is 2.42. The van der Waals surface area contributed by atoms with Gasteiger partial charge in [-0.1, -0.05) is 0 Å². The van der Waals surface area contributed by atoms with Crippen molar-refractivity contribution in [2.75, 3.05) is 6.61 Å². The molecular weight excluding hydrogens is 236 g/mol. The largest absolute Gasteiger partial charge is 0.417 e. The molecule has 0 N–H and O–H groups in total. The van der Waals surface area contributed by atoms with E-state index in [0.717, 1.165) is 4.57 Å². The minimum Gasteiger partial charge on any atom is -0.417 e.